The lowest BCUT2D eigenvalue weighted by Gasteiger charge is -2.19. The molecule has 168 valence electrons. The number of rotatable bonds is 7. The lowest BCUT2D eigenvalue weighted by molar-refractivity contribution is 0.00778. The van der Waals surface area contributed by atoms with Crippen molar-refractivity contribution >= 4 is 22.1 Å². The van der Waals surface area contributed by atoms with Gasteiger partial charge >= 0.3 is 10.3 Å². The minimum Gasteiger partial charge on any atom is -0.390 e. The number of aliphatic hydroxyl groups excluding tert-OH is 2. The van der Waals surface area contributed by atoms with Crippen molar-refractivity contribution in [1.82, 2.24) is 9.97 Å². The van der Waals surface area contributed by atoms with Crippen molar-refractivity contribution in [3.63, 3.8) is 0 Å². The maximum absolute atomic E-state index is 11.0. The van der Waals surface area contributed by atoms with E-state index in [4.69, 9.17) is 5.14 Å². The molecule has 1 heterocycles. The molecule has 1 aromatic carbocycles. The van der Waals surface area contributed by atoms with Crippen LogP contribution in [0.1, 0.15) is 42.9 Å². The van der Waals surface area contributed by atoms with E-state index in [2.05, 4.69) is 43.8 Å². The molecule has 31 heavy (non-hydrogen) atoms. The molecule has 0 aliphatic heterocycles. The second-order valence-corrected chi connectivity index (χ2v) is 9.45. The molecule has 2 aliphatic carbocycles. The molecule has 1 fully saturated rings. The first-order valence-electron chi connectivity index (χ1n) is 10.2. The molecule has 2 aromatic rings. The zero-order valence-corrected chi connectivity index (χ0v) is 17.9. The number of hydrogen-bond acceptors (Lipinski definition) is 9. The molecule has 6 N–H and O–H groups in total. The van der Waals surface area contributed by atoms with Crippen molar-refractivity contribution in [2.45, 2.75) is 50.0 Å². The van der Waals surface area contributed by atoms with E-state index in [0.29, 0.717) is 17.7 Å². The predicted molar refractivity (Wildman–Crippen MR) is 114 cm³/mol. The fourth-order valence-corrected chi connectivity index (χ4v) is 4.86. The van der Waals surface area contributed by atoms with E-state index < -0.39 is 34.5 Å². The van der Waals surface area contributed by atoms with Crippen LogP contribution in [0.3, 0.4) is 0 Å². The Labute approximate surface area is 181 Å². The summed E-state index contributed by atoms with van der Waals surface area (Å²) in [5.74, 6) is 0.811. The van der Waals surface area contributed by atoms with E-state index in [9.17, 15) is 18.6 Å². The first kappa shape index (κ1) is 21.9. The van der Waals surface area contributed by atoms with Crippen LogP contribution in [0.25, 0.3) is 0 Å². The second-order valence-electron chi connectivity index (χ2n) is 8.23. The number of anilines is 2. The number of nitrogens with one attached hydrogen (secondary N) is 2. The summed E-state index contributed by atoms with van der Waals surface area (Å²) < 4.78 is 26.6. The summed E-state index contributed by atoms with van der Waals surface area (Å²) in [5.41, 5.74) is 2.56. The fraction of sp³-hybridized carbons (Fsp3) is 0.500. The SMILES string of the molecule is CC1CC(Nc2nccc(N[C@@H]3C[C@H](COS(N)(=O)=O)[C@@H](O)[C@H]3O)n2)c2ccccc21. The summed E-state index contributed by atoms with van der Waals surface area (Å²) in [6.45, 7) is 1.90. The highest BCUT2D eigenvalue weighted by Gasteiger charge is 2.42. The van der Waals surface area contributed by atoms with Crippen molar-refractivity contribution in [3.05, 3.63) is 47.7 Å². The van der Waals surface area contributed by atoms with Gasteiger partial charge in [-0.3, -0.25) is 4.18 Å². The van der Waals surface area contributed by atoms with Crippen LogP contribution in [0, 0.1) is 5.92 Å². The molecule has 2 aliphatic rings. The lowest BCUT2D eigenvalue weighted by atomic mass is 10.0. The number of hydrogen-bond donors (Lipinski definition) is 5. The molecule has 0 amide bonds. The van der Waals surface area contributed by atoms with Crippen LogP contribution in [0.5, 0.6) is 0 Å². The molecule has 1 saturated carbocycles. The number of fused-ring (bicyclic) bond motifs is 1. The van der Waals surface area contributed by atoms with Gasteiger partial charge in [0.15, 0.2) is 0 Å². The van der Waals surface area contributed by atoms with Gasteiger partial charge < -0.3 is 20.8 Å². The van der Waals surface area contributed by atoms with Gasteiger partial charge in [0.05, 0.1) is 24.8 Å². The maximum atomic E-state index is 11.0. The summed E-state index contributed by atoms with van der Waals surface area (Å²) in [7, 11) is -4.11. The summed E-state index contributed by atoms with van der Waals surface area (Å²) >= 11 is 0. The van der Waals surface area contributed by atoms with Crippen molar-refractivity contribution < 1.29 is 22.8 Å². The number of benzene rings is 1. The first-order chi connectivity index (χ1) is 14.7. The van der Waals surface area contributed by atoms with Crippen molar-refractivity contribution in [2.24, 2.45) is 11.1 Å². The van der Waals surface area contributed by atoms with Crippen LogP contribution in [-0.4, -0.2) is 53.5 Å². The van der Waals surface area contributed by atoms with E-state index in [1.807, 2.05) is 12.1 Å². The van der Waals surface area contributed by atoms with E-state index in [1.54, 1.807) is 12.3 Å². The van der Waals surface area contributed by atoms with Gasteiger partial charge in [-0.25, -0.2) is 10.1 Å². The molecular formula is C20H27N5O5S. The number of aromatic nitrogens is 2. The number of nitrogens with two attached hydrogens (primary N) is 1. The third-order valence-corrected chi connectivity index (χ3v) is 6.50. The Kier molecular flexibility index (Phi) is 6.13. The van der Waals surface area contributed by atoms with Crippen LogP contribution >= 0.6 is 0 Å². The monoisotopic (exact) mass is 449 g/mol. The Balaban J connectivity index is 1.41. The van der Waals surface area contributed by atoms with E-state index in [1.165, 1.54) is 11.1 Å². The molecule has 4 rings (SSSR count). The van der Waals surface area contributed by atoms with Crippen LogP contribution in [0.4, 0.5) is 11.8 Å². The van der Waals surface area contributed by atoms with Crippen LogP contribution in [0.15, 0.2) is 36.5 Å². The normalized spacial score (nSPS) is 30.2. The fourth-order valence-electron chi connectivity index (χ4n) is 4.49. The third kappa shape index (κ3) is 4.96. The highest BCUT2D eigenvalue weighted by Crippen LogP contribution is 2.41. The van der Waals surface area contributed by atoms with Crippen molar-refractivity contribution in [1.29, 1.82) is 0 Å². The minimum absolute atomic E-state index is 0.111. The van der Waals surface area contributed by atoms with Gasteiger partial charge in [0.1, 0.15) is 11.9 Å². The largest absolute Gasteiger partial charge is 0.390 e. The summed E-state index contributed by atoms with van der Waals surface area (Å²) in [6.07, 6.45) is 0.595. The molecule has 1 aromatic heterocycles. The van der Waals surface area contributed by atoms with Gasteiger partial charge in [0.2, 0.25) is 5.95 Å². The average Bonchev–Trinajstić information content (AvgIpc) is 3.18. The van der Waals surface area contributed by atoms with Gasteiger partial charge in [0, 0.05) is 12.1 Å². The number of nitrogens with zero attached hydrogens (tertiary/aromatic N) is 2. The predicted octanol–water partition coefficient (Wildman–Crippen LogP) is 0.879. The Morgan fingerprint density at radius 1 is 1.13 bits per heavy atom. The molecule has 10 nitrogen and oxygen atoms in total. The van der Waals surface area contributed by atoms with Gasteiger partial charge in [-0.1, -0.05) is 31.2 Å². The van der Waals surface area contributed by atoms with Crippen LogP contribution in [-0.2, 0) is 14.5 Å². The standard InChI is InChI=1S/C20H27N5O5S/c1-11-8-15(14-5-3-2-4-13(11)14)24-20-22-7-6-17(25-20)23-16-9-12(18(26)19(16)27)10-30-31(21,28)29/h2-7,11-12,15-16,18-19,26-27H,8-10H2,1H3,(H2,21,28,29)(H2,22,23,24,25)/t11?,12-,15?,16-,18-,19+/m1/s1. The smallest absolute Gasteiger partial charge is 0.333 e. The summed E-state index contributed by atoms with van der Waals surface area (Å²) in [5, 5.41) is 31.9. The highest BCUT2D eigenvalue weighted by molar-refractivity contribution is 7.84. The summed E-state index contributed by atoms with van der Waals surface area (Å²) in [6, 6.07) is 9.57. The van der Waals surface area contributed by atoms with Gasteiger partial charge in [0.25, 0.3) is 0 Å². The second kappa shape index (κ2) is 8.67. The quantitative estimate of drug-likeness (QED) is 0.413. The lowest BCUT2D eigenvalue weighted by Crippen LogP contribution is -2.36. The van der Waals surface area contributed by atoms with E-state index in [-0.39, 0.29) is 19.1 Å². The van der Waals surface area contributed by atoms with E-state index in [0.717, 1.165) is 6.42 Å². The molecule has 0 saturated heterocycles. The van der Waals surface area contributed by atoms with Crippen molar-refractivity contribution in [3.8, 4) is 0 Å². The molecule has 0 bridgehead atoms. The van der Waals surface area contributed by atoms with Gasteiger partial charge in [-0.05, 0) is 36.0 Å². The molecule has 0 radical (unpaired) electrons. The average molecular weight is 450 g/mol. The molecule has 6 atom stereocenters. The molecule has 2 unspecified atom stereocenters. The minimum atomic E-state index is -4.11. The number of aliphatic hydroxyl groups is 2. The maximum Gasteiger partial charge on any atom is 0.333 e. The van der Waals surface area contributed by atoms with Gasteiger partial charge in [-0.2, -0.15) is 13.4 Å². The summed E-state index contributed by atoms with van der Waals surface area (Å²) in [4.78, 5) is 8.80. The Hall–Kier alpha value is -2.31. The Morgan fingerprint density at radius 2 is 1.87 bits per heavy atom. The Morgan fingerprint density at radius 3 is 2.61 bits per heavy atom. The first-order valence-corrected chi connectivity index (χ1v) is 11.7. The zero-order chi connectivity index (χ0) is 22.2. The topological polar surface area (TPSA) is 160 Å². The molecule has 11 heteroatoms. The Bertz CT molecular complexity index is 1040. The third-order valence-electron chi connectivity index (χ3n) is 6.03. The molecular weight excluding hydrogens is 422 g/mol. The zero-order valence-electron chi connectivity index (χ0n) is 17.0. The highest BCUT2D eigenvalue weighted by atomic mass is 32.2. The van der Waals surface area contributed by atoms with Gasteiger partial charge in [-0.15, -0.1) is 0 Å². The van der Waals surface area contributed by atoms with Crippen molar-refractivity contribution in [2.75, 3.05) is 17.2 Å². The van der Waals surface area contributed by atoms with Crippen LogP contribution in [0.2, 0.25) is 0 Å². The van der Waals surface area contributed by atoms with Crippen LogP contribution < -0.4 is 15.8 Å². The van der Waals surface area contributed by atoms with E-state index >= 15 is 0 Å². The molecule has 0 spiro atoms.